The maximum absolute atomic E-state index is 13.4. The van der Waals surface area contributed by atoms with E-state index >= 15 is 0 Å². The molecule has 0 saturated carbocycles. The Bertz CT molecular complexity index is 1160. The van der Waals surface area contributed by atoms with Crippen molar-refractivity contribution in [2.75, 3.05) is 7.11 Å². The third-order valence-corrected chi connectivity index (χ3v) is 6.13. The van der Waals surface area contributed by atoms with Crippen molar-refractivity contribution in [2.45, 2.75) is 11.4 Å². The molecule has 0 atom stereocenters. The standard InChI is InChI=1S/C24H17ClFNO3S/c1-30-19-10-2-15(3-11-19)14-27-23(28)21(16-4-8-18(26)9-5-16)22(24(27)29)31-20-12-6-17(25)7-13-20/h2-13H,14H2,1H3. The quantitative estimate of drug-likeness (QED) is 0.458. The van der Waals surface area contributed by atoms with Crippen LogP contribution in [0.4, 0.5) is 4.39 Å². The molecule has 31 heavy (non-hydrogen) atoms. The molecule has 4 nitrogen and oxygen atoms in total. The summed E-state index contributed by atoms with van der Waals surface area (Å²) in [6.07, 6.45) is 0. The molecule has 0 fully saturated rings. The number of rotatable bonds is 6. The maximum atomic E-state index is 13.4. The SMILES string of the molecule is COc1ccc(CN2C(=O)C(Sc3ccc(Cl)cc3)=C(c3ccc(F)cc3)C2=O)cc1. The minimum Gasteiger partial charge on any atom is -0.497 e. The van der Waals surface area contributed by atoms with Gasteiger partial charge in [-0.2, -0.15) is 0 Å². The first-order valence-corrected chi connectivity index (χ1v) is 10.6. The average Bonchev–Trinajstić information content (AvgIpc) is 3.01. The van der Waals surface area contributed by atoms with Gasteiger partial charge in [0.15, 0.2) is 0 Å². The van der Waals surface area contributed by atoms with E-state index in [9.17, 15) is 14.0 Å². The van der Waals surface area contributed by atoms with Crippen molar-refractivity contribution >= 4 is 40.8 Å². The highest BCUT2D eigenvalue weighted by Gasteiger charge is 2.39. The fourth-order valence-corrected chi connectivity index (χ4v) is 4.34. The van der Waals surface area contributed by atoms with E-state index in [4.69, 9.17) is 16.3 Å². The fourth-order valence-electron chi connectivity index (χ4n) is 3.20. The van der Waals surface area contributed by atoms with Gasteiger partial charge in [0.05, 0.1) is 24.1 Å². The normalized spacial score (nSPS) is 13.8. The summed E-state index contributed by atoms with van der Waals surface area (Å²) in [5.41, 5.74) is 1.55. The summed E-state index contributed by atoms with van der Waals surface area (Å²) in [4.78, 5) is 28.8. The van der Waals surface area contributed by atoms with Gasteiger partial charge in [-0.25, -0.2) is 4.39 Å². The Balaban J connectivity index is 1.70. The second kappa shape index (κ2) is 8.96. The summed E-state index contributed by atoms with van der Waals surface area (Å²) in [5, 5.41) is 0.576. The number of ether oxygens (including phenoxy) is 1. The van der Waals surface area contributed by atoms with Gasteiger partial charge in [0.1, 0.15) is 11.6 Å². The first-order valence-electron chi connectivity index (χ1n) is 9.39. The largest absolute Gasteiger partial charge is 0.497 e. The molecule has 0 unspecified atom stereocenters. The Morgan fingerprint density at radius 3 is 2.16 bits per heavy atom. The zero-order chi connectivity index (χ0) is 22.0. The van der Waals surface area contributed by atoms with Crippen LogP contribution in [0.3, 0.4) is 0 Å². The molecule has 3 aromatic rings. The lowest BCUT2D eigenvalue weighted by molar-refractivity contribution is -0.137. The van der Waals surface area contributed by atoms with Crippen molar-refractivity contribution in [1.29, 1.82) is 0 Å². The summed E-state index contributed by atoms with van der Waals surface area (Å²) in [5.74, 6) is -0.529. The smallest absolute Gasteiger partial charge is 0.268 e. The number of nitrogens with zero attached hydrogens (tertiary/aromatic N) is 1. The van der Waals surface area contributed by atoms with Crippen LogP contribution in [0.2, 0.25) is 5.02 Å². The van der Waals surface area contributed by atoms with Crippen LogP contribution >= 0.6 is 23.4 Å². The van der Waals surface area contributed by atoms with E-state index in [2.05, 4.69) is 0 Å². The number of imide groups is 1. The monoisotopic (exact) mass is 453 g/mol. The van der Waals surface area contributed by atoms with Crippen molar-refractivity contribution in [3.05, 3.63) is 99.7 Å². The highest BCUT2D eigenvalue weighted by molar-refractivity contribution is 8.04. The highest BCUT2D eigenvalue weighted by atomic mass is 35.5. The van der Waals surface area contributed by atoms with Gasteiger partial charge >= 0.3 is 0 Å². The molecule has 1 aliphatic rings. The summed E-state index contributed by atoms with van der Waals surface area (Å²) < 4.78 is 18.6. The predicted molar refractivity (Wildman–Crippen MR) is 119 cm³/mol. The van der Waals surface area contributed by atoms with Crippen LogP contribution in [0.5, 0.6) is 5.75 Å². The molecule has 1 aliphatic heterocycles. The first-order chi connectivity index (χ1) is 15.0. The summed E-state index contributed by atoms with van der Waals surface area (Å²) in [7, 11) is 1.57. The predicted octanol–water partition coefficient (Wildman–Crippen LogP) is 5.56. The van der Waals surface area contributed by atoms with Gasteiger partial charge in [-0.15, -0.1) is 0 Å². The van der Waals surface area contributed by atoms with E-state index in [1.807, 2.05) is 0 Å². The Labute approximate surface area is 188 Å². The molecule has 7 heteroatoms. The third kappa shape index (κ3) is 4.50. The van der Waals surface area contributed by atoms with Crippen molar-refractivity contribution in [3.63, 3.8) is 0 Å². The van der Waals surface area contributed by atoms with E-state index in [1.54, 1.807) is 55.6 Å². The van der Waals surface area contributed by atoms with Gasteiger partial charge in [-0.1, -0.05) is 47.6 Å². The molecular formula is C24H17ClFNO3S. The van der Waals surface area contributed by atoms with E-state index in [-0.39, 0.29) is 18.0 Å². The van der Waals surface area contributed by atoms with Gasteiger partial charge in [0.2, 0.25) is 0 Å². The number of amides is 2. The number of hydrogen-bond acceptors (Lipinski definition) is 4. The van der Waals surface area contributed by atoms with Gasteiger partial charge in [-0.05, 0) is 59.7 Å². The molecule has 1 heterocycles. The first kappa shape index (κ1) is 21.2. The number of methoxy groups -OCH3 is 1. The van der Waals surface area contributed by atoms with Gasteiger partial charge in [-0.3, -0.25) is 14.5 Å². The Hall–Kier alpha value is -3.09. The number of carbonyl (C=O) groups excluding carboxylic acids is 2. The molecule has 0 saturated heterocycles. The van der Waals surface area contributed by atoms with Crippen LogP contribution in [0.1, 0.15) is 11.1 Å². The average molecular weight is 454 g/mol. The Morgan fingerprint density at radius 2 is 1.55 bits per heavy atom. The summed E-state index contributed by atoms with van der Waals surface area (Å²) in [6, 6.07) is 19.7. The van der Waals surface area contributed by atoms with Gasteiger partial charge in [0.25, 0.3) is 11.8 Å². The van der Waals surface area contributed by atoms with Crippen LogP contribution in [0, 0.1) is 5.82 Å². The Morgan fingerprint density at radius 1 is 0.903 bits per heavy atom. The molecule has 0 radical (unpaired) electrons. The molecule has 0 spiro atoms. The topological polar surface area (TPSA) is 46.6 Å². The molecule has 3 aromatic carbocycles. The lowest BCUT2D eigenvalue weighted by atomic mass is 10.1. The van der Waals surface area contributed by atoms with Crippen molar-refractivity contribution in [2.24, 2.45) is 0 Å². The van der Waals surface area contributed by atoms with E-state index in [1.165, 1.54) is 40.9 Å². The minimum absolute atomic E-state index is 0.122. The second-order valence-electron chi connectivity index (χ2n) is 6.81. The molecule has 0 bridgehead atoms. The Kier molecular flexibility index (Phi) is 6.11. The number of hydrogen-bond donors (Lipinski definition) is 0. The molecule has 0 aliphatic carbocycles. The van der Waals surface area contributed by atoms with Gasteiger partial charge in [0, 0.05) is 9.92 Å². The maximum Gasteiger partial charge on any atom is 0.268 e. The van der Waals surface area contributed by atoms with Crippen molar-refractivity contribution in [3.8, 4) is 5.75 Å². The molecule has 0 N–H and O–H groups in total. The van der Waals surface area contributed by atoms with Crippen LogP contribution < -0.4 is 4.74 Å². The number of benzene rings is 3. The highest BCUT2D eigenvalue weighted by Crippen LogP contribution is 2.40. The summed E-state index contributed by atoms with van der Waals surface area (Å²) in [6.45, 7) is 0.122. The molecule has 4 rings (SSSR count). The number of thioether (sulfide) groups is 1. The fraction of sp³-hybridized carbons (Fsp3) is 0.0833. The van der Waals surface area contributed by atoms with E-state index in [0.717, 1.165) is 10.5 Å². The second-order valence-corrected chi connectivity index (χ2v) is 8.33. The molecule has 2 amide bonds. The van der Waals surface area contributed by atoms with Crippen molar-refractivity contribution < 1.29 is 18.7 Å². The lowest BCUT2D eigenvalue weighted by Gasteiger charge is -2.15. The lowest BCUT2D eigenvalue weighted by Crippen LogP contribution is -2.30. The molecular weight excluding hydrogens is 437 g/mol. The molecule has 0 aromatic heterocycles. The van der Waals surface area contributed by atoms with Crippen molar-refractivity contribution in [1.82, 2.24) is 4.90 Å². The number of carbonyl (C=O) groups is 2. The zero-order valence-corrected chi connectivity index (χ0v) is 18.0. The number of halogens is 2. The van der Waals surface area contributed by atoms with E-state index in [0.29, 0.717) is 21.2 Å². The van der Waals surface area contributed by atoms with Gasteiger partial charge < -0.3 is 4.74 Å². The van der Waals surface area contributed by atoms with Crippen LogP contribution in [0.15, 0.2) is 82.6 Å². The third-order valence-electron chi connectivity index (χ3n) is 4.79. The summed E-state index contributed by atoms with van der Waals surface area (Å²) >= 11 is 7.15. The van der Waals surface area contributed by atoms with E-state index < -0.39 is 11.7 Å². The van der Waals surface area contributed by atoms with Crippen LogP contribution in [0.25, 0.3) is 5.57 Å². The zero-order valence-electron chi connectivity index (χ0n) is 16.5. The van der Waals surface area contributed by atoms with Crippen LogP contribution in [-0.4, -0.2) is 23.8 Å². The van der Waals surface area contributed by atoms with Crippen LogP contribution in [-0.2, 0) is 16.1 Å². The minimum atomic E-state index is -0.414. The molecule has 156 valence electrons.